The first-order chi connectivity index (χ1) is 6.72. The lowest BCUT2D eigenvalue weighted by Crippen LogP contribution is -2.28. The van der Waals surface area contributed by atoms with E-state index < -0.39 is 5.97 Å². The van der Waals surface area contributed by atoms with Crippen LogP contribution >= 0.6 is 0 Å². The molecule has 0 spiro atoms. The van der Waals surface area contributed by atoms with Crippen molar-refractivity contribution in [1.29, 1.82) is 0 Å². The fourth-order valence-corrected chi connectivity index (χ4v) is 1.79. The second-order valence-electron chi connectivity index (χ2n) is 3.52. The Hall–Kier alpha value is -1.36. The van der Waals surface area contributed by atoms with E-state index in [-0.39, 0.29) is 6.04 Å². The Morgan fingerprint density at radius 1 is 1.71 bits per heavy atom. The fraction of sp³-hybridized carbons (Fsp3) is 0.556. The number of carbonyl (C=O) groups excluding carboxylic acids is 1. The highest BCUT2D eigenvalue weighted by Crippen LogP contribution is 2.21. The lowest BCUT2D eigenvalue weighted by atomic mass is 9.92. The van der Waals surface area contributed by atoms with Crippen molar-refractivity contribution >= 4 is 5.97 Å². The predicted octanol–water partition coefficient (Wildman–Crippen LogP) is 0.0123. The van der Waals surface area contributed by atoms with E-state index in [2.05, 4.69) is 14.9 Å². The number of hydrogen-bond acceptors (Lipinski definition) is 4. The number of carbonyl (C=O) groups is 1. The third kappa shape index (κ3) is 1.39. The average Bonchev–Trinajstić information content (AvgIpc) is 2.59. The lowest BCUT2D eigenvalue weighted by Gasteiger charge is -2.17. The molecule has 0 amide bonds. The van der Waals surface area contributed by atoms with Gasteiger partial charge in [-0.15, -0.1) is 0 Å². The number of methoxy groups -OCH3 is 1. The maximum Gasteiger partial charge on any atom is 0.358 e. The van der Waals surface area contributed by atoms with Gasteiger partial charge in [0.2, 0.25) is 0 Å². The van der Waals surface area contributed by atoms with Crippen molar-refractivity contribution < 1.29 is 9.53 Å². The molecule has 1 aliphatic carbocycles. The zero-order valence-electron chi connectivity index (χ0n) is 8.04. The summed E-state index contributed by atoms with van der Waals surface area (Å²) in [6.45, 7) is 0. The Balaban J connectivity index is 2.35. The summed E-state index contributed by atoms with van der Waals surface area (Å²) in [5, 5.41) is 6.80. The molecule has 14 heavy (non-hydrogen) atoms. The summed E-state index contributed by atoms with van der Waals surface area (Å²) in [6.07, 6.45) is 2.51. The van der Waals surface area contributed by atoms with E-state index >= 15 is 0 Å². The second-order valence-corrected chi connectivity index (χ2v) is 3.52. The van der Waals surface area contributed by atoms with Crippen LogP contribution in [0.4, 0.5) is 0 Å². The number of aromatic nitrogens is 2. The van der Waals surface area contributed by atoms with E-state index in [1.165, 1.54) is 7.11 Å². The molecule has 1 unspecified atom stereocenters. The van der Waals surface area contributed by atoms with E-state index in [4.69, 9.17) is 5.73 Å². The number of aryl methyl sites for hydroxylation is 1. The van der Waals surface area contributed by atoms with Crippen LogP contribution < -0.4 is 5.73 Å². The van der Waals surface area contributed by atoms with Crippen molar-refractivity contribution in [3.8, 4) is 0 Å². The molecule has 3 N–H and O–H groups in total. The summed E-state index contributed by atoms with van der Waals surface area (Å²) in [6, 6.07) is 0.128. The molecular formula is C9H13N3O2. The number of rotatable bonds is 1. The number of nitrogens with one attached hydrogen (secondary N) is 1. The molecule has 1 aromatic heterocycles. The van der Waals surface area contributed by atoms with Crippen LogP contribution in [0.25, 0.3) is 0 Å². The van der Waals surface area contributed by atoms with Crippen molar-refractivity contribution in [1.82, 2.24) is 10.2 Å². The molecule has 0 fully saturated rings. The molecule has 0 saturated heterocycles. The standard InChI is InChI=1S/C9H13N3O2/c1-14-9(13)8-6-4-5(10)2-3-7(6)11-12-8/h5H,2-4,10H2,1H3,(H,11,12). The van der Waals surface area contributed by atoms with Crippen molar-refractivity contribution in [2.75, 3.05) is 7.11 Å². The third-order valence-electron chi connectivity index (χ3n) is 2.56. The van der Waals surface area contributed by atoms with Gasteiger partial charge in [0.15, 0.2) is 5.69 Å². The Labute approximate surface area is 81.6 Å². The van der Waals surface area contributed by atoms with Gasteiger partial charge < -0.3 is 10.5 Å². The smallest absolute Gasteiger partial charge is 0.358 e. The molecule has 0 saturated carbocycles. The summed E-state index contributed by atoms with van der Waals surface area (Å²) in [5.41, 5.74) is 8.16. The highest BCUT2D eigenvalue weighted by Gasteiger charge is 2.25. The number of nitrogens with two attached hydrogens (primary N) is 1. The molecule has 1 heterocycles. The third-order valence-corrected chi connectivity index (χ3v) is 2.56. The van der Waals surface area contributed by atoms with Crippen molar-refractivity contribution in [2.24, 2.45) is 5.73 Å². The molecule has 0 aromatic carbocycles. The molecule has 76 valence electrons. The van der Waals surface area contributed by atoms with Gasteiger partial charge in [-0.3, -0.25) is 5.10 Å². The minimum Gasteiger partial charge on any atom is -0.464 e. The Bertz CT molecular complexity index is 359. The van der Waals surface area contributed by atoms with E-state index in [9.17, 15) is 4.79 Å². The number of nitrogens with zero attached hydrogens (tertiary/aromatic N) is 1. The van der Waals surface area contributed by atoms with Crippen LogP contribution in [0.3, 0.4) is 0 Å². The number of ether oxygens (including phenoxy) is 1. The molecule has 0 aliphatic heterocycles. The molecule has 1 aromatic rings. The van der Waals surface area contributed by atoms with Crippen LogP contribution in [0.15, 0.2) is 0 Å². The van der Waals surface area contributed by atoms with Crippen molar-refractivity contribution in [3.05, 3.63) is 17.0 Å². The molecule has 5 heteroatoms. The first-order valence-corrected chi connectivity index (χ1v) is 4.62. The summed E-state index contributed by atoms with van der Waals surface area (Å²) in [7, 11) is 1.35. The van der Waals surface area contributed by atoms with E-state index in [0.29, 0.717) is 12.1 Å². The summed E-state index contributed by atoms with van der Waals surface area (Å²) >= 11 is 0. The number of hydrogen-bond donors (Lipinski definition) is 2. The highest BCUT2D eigenvalue weighted by atomic mass is 16.5. The van der Waals surface area contributed by atoms with E-state index in [0.717, 1.165) is 24.1 Å². The van der Waals surface area contributed by atoms with Crippen LogP contribution in [0.5, 0.6) is 0 Å². The van der Waals surface area contributed by atoms with Gasteiger partial charge in [0.05, 0.1) is 7.11 Å². The van der Waals surface area contributed by atoms with Crippen LogP contribution in [-0.4, -0.2) is 29.3 Å². The van der Waals surface area contributed by atoms with Gasteiger partial charge in [-0.1, -0.05) is 0 Å². The van der Waals surface area contributed by atoms with Gasteiger partial charge in [0.1, 0.15) is 0 Å². The molecule has 1 aliphatic rings. The van der Waals surface area contributed by atoms with Crippen molar-refractivity contribution in [2.45, 2.75) is 25.3 Å². The molecule has 2 rings (SSSR count). The number of fused-ring (bicyclic) bond motifs is 1. The second kappa shape index (κ2) is 3.42. The largest absolute Gasteiger partial charge is 0.464 e. The summed E-state index contributed by atoms with van der Waals surface area (Å²) < 4.78 is 4.63. The fourth-order valence-electron chi connectivity index (χ4n) is 1.79. The summed E-state index contributed by atoms with van der Waals surface area (Å²) in [5.74, 6) is -0.392. The molecular weight excluding hydrogens is 182 g/mol. The van der Waals surface area contributed by atoms with Gasteiger partial charge in [-0.05, 0) is 19.3 Å². The molecule has 0 radical (unpaired) electrons. The van der Waals surface area contributed by atoms with Gasteiger partial charge in [0, 0.05) is 17.3 Å². The quantitative estimate of drug-likeness (QED) is 0.618. The Morgan fingerprint density at radius 2 is 2.50 bits per heavy atom. The first kappa shape index (κ1) is 9.21. The minimum atomic E-state index is -0.392. The Kier molecular flexibility index (Phi) is 2.25. The number of aromatic amines is 1. The molecule has 5 nitrogen and oxygen atoms in total. The maximum absolute atomic E-state index is 11.3. The van der Waals surface area contributed by atoms with E-state index in [1.54, 1.807) is 0 Å². The van der Waals surface area contributed by atoms with Crippen molar-refractivity contribution in [3.63, 3.8) is 0 Å². The van der Waals surface area contributed by atoms with Crippen LogP contribution in [0.2, 0.25) is 0 Å². The Morgan fingerprint density at radius 3 is 3.21 bits per heavy atom. The minimum absolute atomic E-state index is 0.128. The average molecular weight is 195 g/mol. The van der Waals surface area contributed by atoms with Gasteiger partial charge in [-0.2, -0.15) is 5.10 Å². The number of H-pyrrole nitrogens is 1. The predicted molar refractivity (Wildman–Crippen MR) is 49.9 cm³/mol. The van der Waals surface area contributed by atoms with Crippen LogP contribution in [0, 0.1) is 0 Å². The zero-order valence-corrected chi connectivity index (χ0v) is 8.04. The molecule has 1 atom stereocenters. The maximum atomic E-state index is 11.3. The highest BCUT2D eigenvalue weighted by molar-refractivity contribution is 5.89. The van der Waals surface area contributed by atoms with Gasteiger partial charge in [-0.25, -0.2) is 4.79 Å². The lowest BCUT2D eigenvalue weighted by molar-refractivity contribution is 0.0592. The zero-order chi connectivity index (χ0) is 10.1. The number of esters is 1. The van der Waals surface area contributed by atoms with Crippen LogP contribution in [0.1, 0.15) is 28.2 Å². The molecule has 0 bridgehead atoms. The van der Waals surface area contributed by atoms with Crippen LogP contribution in [-0.2, 0) is 17.6 Å². The topological polar surface area (TPSA) is 81.0 Å². The SMILES string of the molecule is COC(=O)c1n[nH]c2c1CC(N)CC2. The van der Waals surface area contributed by atoms with E-state index in [1.807, 2.05) is 0 Å². The first-order valence-electron chi connectivity index (χ1n) is 4.62. The van der Waals surface area contributed by atoms with Gasteiger partial charge in [0.25, 0.3) is 0 Å². The normalized spacial score (nSPS) is 20.3. The van der Waals surface area contributed by atoms with Gasteiger partial charge >= 0.3 is 5.97 Å². The monoisotopic (exact) mass is 195 g/mol. The summed E-state index contributed by atoms with van der Waals surface area (Å²) in [4.78, 5) is 11.3.